The minimum absolute atomic E-state index is 0.0424. The second-order valence-corrected chi connectivity index (χ2v) is 8.45. The van der Waals surface area contributed by atoms with E-state index >= 15 is 0 Å². The van der Waals surface area contributed by atoms with Crippen LogP contribution in [0.15, 0.2) is 22.0 Å². The maximum absolute atomic E-state index is 12.2. The third-order valence-corrected chi connectivity index (χ3v) is 6.24. The maximum Gasteiger partial charge on any atom is 0.268 e. The van der Waals surface area contributed by atoms with Crippen LogP contribution in [0.1, 0.15) is 18.7 Å². The average Bonchev–Trinajstić information content (AvgIpc) is 2.93. The molecule has 2 aromatic rings. The number of nitrogens with one attached hydrogen (secondary N) is 1. The van der Waals surface area contributed by atoms with Gasteiger partial charge in [0.1, 0.15) is 0 Å². The first-order chi connectivity index (χ1) is 10.4. The molecular weight excluding hydrogens is 324 g/mol. The van der Waals surface area contributed by atoms with Gasteiger partial charge in [-0.15, -0.1) is 11.3 Å². The van der Waals surface area contributed by atoms with Crippen LogP contribution in [-0.4, -0.2) is 48.8 Å². The van der Waals surface area contributed by atoms with E-state index in [1.807, 2.05) is 36.5 Å². The number of hydrogen-bond donors (Lipinski definition) is 1. The summed E-state index contributed by atoms with van der Waals surface area (Å²) < 4.78 is 32.0. The number of thiophene rings is 1. The number of hydrogen-bond acceptors (Lipinski definition) is 7. The summed E-state index contributed by atoms with van der Waals surface area (Å²) >= 11 is 1.49. The molecule has 2 heterocycles. The van der Waals surface area contributed by atoms with Gasteiger partial charge in [0, 0.05) is 5.54 Å². The Morgan fingerprint density at radius 1 is 1.45 bits per heavy atom. The summed E-state index contributed by atoms with van der Waals surface area (Å²) in [6.45, 7) is 0.0424. The molecule has 0 bridgehead atoms. The third-order valence-electron chi connectivity index (χ3n) is 3.88. The van der Waals surface area contributed by atoms with Crippen LogP contribution in [-0.2, 0) is 16.6 Å². The number of aromatic nitrogens is 2. The van der Waals surface area contributed by atoms with E-state index in [2.05, 4.69) is 14.9 Å². The van der Waals surface area contributed by atoms with E-state index in [4.69, 9.17) is 4.52 Å². The van der Waals surface area contributed by atoms with E-state index in [1.165, 1.54) is 11.3 Å². The van der Waals surface area contributed by atoms with Crippen molar-refractivity contribution in [2.75, 3.05) is 19.8 Å². The van der Waals surface area contributed by atoms with Gasteiger partial charge in [-0.2, -0.15) is 4.98 Å². The lowest BCUT2D eigenvalue weighted by molar-refractivity contribution is 0.294. The van der Waals surface area contributed by atoms with Crippen molar-refractivity contribution in [3.8, 4) is 10.8 Å². The van der Waals surface area contributed by atoms with Crippen LogP contribution in [0.2, 0.25) is 0 Å². The van der Waals surface area contributed by atoms with Gasteiger partial charge in [-0.1, -0.05) is 11.2 Å². The molecular formula is C13H18N4O3S2. The zero-order chi connectivity index (χ0) is 15.8. The lowest BCUT2D eigenvalue weighted by Crippen LogP contribution is -2.41. The fourth-order valence-corrected chi connectivity index (χ4v) is 4.62. The Bertz CT molecular complexity index is 733. The highest BCUT2D eigenvalue weighted by atomic mass is 32.2. The van der Waals surface area contributed by atoms with Crippen LogP contribution < -0.4 is 4.72 Å². The predicted octanol–water partition coefficient (Wildman–Crippen LogP) is 1.31. The molecule has 0 unspecified atom stereocenters. The first-order valence-electron chi connectivity index (χ1n) is 6.91. The average molecular weight is 342 g/mol. The van der Waals surface area contributed by atoms with Gasteiger partial charge in [0.15, 0.2) is 5.82 Å². The highest BCUT2D eigenvalue weighted by Crippen LogP contribution is 2.40. The van der Waals surface area contributed by atoms with E-state index in [1.54, 1.807) is 0 Å². The molecule has 1 saturated carbocycles. The molecule has 120 valence electrons. The second kappa shape index (κ2) is 5.73. The van der Waals surface area contributed by atoms with Gasteiger partial charge in [0.2, 0.25) is 10.0 Å². The topological polar surface area (TPSA) is 88.3 Å². The van der Waals surface area contributed by atoms with Crippen molar-refractivity contribution in [3.63, 3.8) is 0 Å². The summed E-state index contributed by atoms with van der Waals surface area (Å²) in [5.41, 5.74) is -0.217. The standard InChI is InChI=1S/C13H18N4O3S2/c1-17(2)13(5-6-13)9-22(18,19)14-8-11-15-12(20-16-11)10-4-3-7-21-10/h3-4,7,14H,5-6,8-9H2,1-2H3. The Morgan fingerprint density at radius 3 is 2.82 bits per heavy atom. The Morgan fingerprint density at radius 2 is 2.23 bits per heavy atom. The summed E-state index contributed by atoms with van der Waals surface area (Å²) in [5, 5.41) is 5.72. The summed E-state index contributed by atoms with van der Waals surface area (Å²) in [6, 6.07) is 3.77. The molecule has 0 amide bonds. The molecule has 0 atom stereocenters. The Labute approximate surface area is 133 Å². The summed E-state index contributed by atoms with van der Waals surface area (Å²) in [6.07, 6.45) is 1.82. The van der Waals surface area contributed by atoms with Crippen molar-refractivity contribution in [2.24, 2.45) is 0 Å². The monoisotopic (exact) mass is 342 g/mol. The lowest BCUT2D eigenvalue weighted by atomic mass is 10.3. The summed E-state index contributed by atoms with van der Waals surface area (Å²) in [7, 11) is 0.448. The molecule has 0 aromatic carbocycles. The summed E-state index contributed by atoms with van der Waals surface area (Å²) in [4.78, 5) is 7.05. The van der Waals surface area contributed by atoms with E-state index in [-0.39, 0.29) is 17.8 Å². The van der Waals surface area contributed by atoms with Crippen LogP contribution in [0.25, 0.3) is 10.8 Å². The second-order valence-electron chi connectivity index (χ2n) is 5.69. The number of nitrogens with zero attached hydrogens (tertiary/aromatic N) is 3. The first kappa shape index (κ1) is 15.6. The van der Waals surface area contributed by atoms with Crippen LogP contribution in [0.3, 0.4) is 0 Å². The summed E-state index contributed by atoms with van der Waals surface area (Å²) in [5.74, 6) is 0.848. The first-order valence-corrected chi connectivity index (χ1v) is 9.45. The van der Waals surface area contributed by atoms with Gasteiger partial charge >= 0.3 is 0 Å². The zero-order valence-corrected chi connectivity index (χ0v) is 14.1. The molecule has 0 spiro atoms. The Balaban J connectivity index is 1.60. The fraction of sp³-hybridized carbons (Fsp3) is 0.538. The van der Waals surface area contributed by atoms with Crippen molar-refractivity contribution < 1.29 is 12.9 Å². The van der Waals surface area contributed by atoms with Gasteiger partial charge < -0.3 is 9.42 Å². The SMILES string of the molecule is CN(C)C1(CS(=O)(=O)NCc2noc(-c3cccs3)n2)CC1. The smallest absolute Gasteiger partial charge is 0.268 e. The molecule has 7 nitrogen and oxygen atoms in total. The molecule has 2 aromatic heterocycles. The number of sulfonamides is 1. The van der Waals surface area contributed by atoms with Crippen molar-refractivity contribution in [3.05, 3.63) is 23.3 Å². The Kier molecular flexibility index (Phi) is 4.06. The molecule has 0 saturated heterocycles. The highest BCUT2D eigenvalue weighted by molar-refractivity contribution is 7.89. The van der Waals surface area contributed by atoms with Crippen molar-refractivity contribution in [1.29, 1.82) is 0 Å². The quantitative estimate of drug-likeness (QED) is 0.816. The lowest BCUT2D eigenvalue weighted by Gasteiger charge is -2.23. The predicted molar refractivity (Wildman–Crippen MR) is 83.9 cm³/mol. The van der Waals surface area contributed by atoms with Crippen LogP contribution in [0.4, 0.5) is 0 Å². The largest absolute Gasteiger partial charge is 0.333 e. The minimum atomic E-state index is -3.38. The molecule has 0 radical (unpaired) electrons. The van der Waals surface area contributed by atoms with Gasteiger partial charge in [-0.3, -0.25) is 0 Å². The molecule has 1 aliphatic rings. The molecule has 1 N–H and O–H groups in total. The van der Waals surface area contributed by atoms with E-state index < -0.39 is 10.0 Å². The normalized spacial score (nSPS) is 17.0. The van der Waals surface area contributed by atoms with Gasteiger partial charge in [0.05, 0.1) is 17.2 Å². The highest BCUT2D eigenvalue weighted by Gasteiger charge is 2.48. The Hall–Kier alpha value is -1.29. The van der Waals surface area contributed by atoms with E-state index in [0.717, 1.165) is 17.7 Å². The van der Waals surface area contributed by atoms with Crippen molar-refractivity contribution in [1.82, 2.24) is 19.8 Å². The third kappa shape index (κ3) is 3.37. The van der Waals surface area contributed by atoms with E-state index in [0.29, 0.717) is 11.7 Å². The maximum atomic E-state index is 12.2. The van der Waals surface area contributed by atoms with E-state index in [9.17, 15) is 8.42 Å². The van der Waals surface area contributed by atoms with Crippen LogP contribution in [0, 0.1) is 0 Å². The molecule has 1 fully saturated rings. The molecule has 0 aliphatic heterocycles. The number of rotatable bonds is 7. The molecule has 9 heteroatoms. The van der Waals surface area contributed by atoms with Crippen LogP contribution in [0.5, 0.6) is 0 Å². The van der Waals surface area contributed by atoms with Crippen molar-refractivity contribution >= 4 is 21.4 Å². The van der Waals surface area contributed by atoms with Gasteiger partial charge in [-0.05, 0) is 38.4 Å². The van der Waals surface area contributed by atoms with Gasteiger partial charge in [-0.25, -0.2) is 13.1 Å². The molecule has 22 heavy (non-hydrogen) atoms. The fourth-order valence-electron chi connectivity index (χ4n) is 2.27. The molecule has 1 aliphatic carbocycles. The minimum Gasteiger partial charge on any atom is -0.333 e. The molecule has 3 rings (SSSR count). The van der Waals surface area contributed by atoms with Crippen LogP contribution >= 0.6 is 11.3 Å². The zero-order valence-electron chi connectivity index (χ0n) is 12.4. The van der Waals surface area contributed by atoms with Crippen molar-refractivity contribution in [2.45, 2.75) is 24.9 Å². The van der Waals surface area contributed by atoms with Gasteiger partial charge in [0.25, 0.3) is 5.89 Å².